The van der Waals surface area contributed by atoms with Gasteiger partial charge in [0.2, 0.25) is 0 Å². The summed E-state index contributed by atoms with van der Waals surface area (Å²) in [6.45, 7) is 1.73. The molecule has 0 unspecified atom stereocenters. The van der Waals surface area contributed by atoms with E-state index in [1.165, 1.54) is 0 Å². The number of terminal acetylenes is 1. The Labute approximate surface area is 78.9 Å². The average Bonchev–Trinajstić information content (AvgIpc) is 2.16. The Bertz CT molecular complexity index is 192. The molecule has 0 bridgehead atoms. The van der Waals surface area contributed by atoms with E-state index in [0.29, 0.717) is 13.2 Å². The fourth-order valence-corrected chi connectivity index (χ4v) is 0.916. The summed E-state index contributed by atoms with van der Waals surface area (Å²) in [5.74, 6) is 2.41. The molecule has 0 spiro atoms. The summed E-state index contributed by atoms with van der Waals surface area (Å²) in [6.07, 6.45) is 9.17. The van der Waals surface area contributed by atoms with Gasteiger partial charge in [-0.2, -0.15) is 0 Å². The quantitative estimate of drug-likeness (QED) is 0.186. The van der Waals surface area contributed by atoms with Crippen LogP contribution in [0.1, 0.15) is 25.7 Å². The van der Waals surface area contributed by atoms with Crippen molar-refractivity contribution in [3.8, 4) is 12.3 Å². The number of unbranched alkanes of at least 4 members (excludes halogenated alkanes) is 3. The lowest BCUT2D eigenvalue weighted by Crippen LogP contribution is -1.94. The minimum Gasteiger partial charge on any atom is -0.369 e. The lowest BCUT2D eigenvalue weighted by molar-refractivity contribution is 0.162. The molecule has 0 saturated carbocycles. The predicted molar refractivity (Wildman–Crippen MR) is 52.1 cm³/mol. The molecule has 0 amide bonds. The second-order valence-electron chi connectivity index (χ2n) is 2.63. The van der Waals surface area contributed by atoms with Gasteiger partial charge in [0, 0.05) is 18.1 Å². The summed E-state index contributed by atoms with van der Waals surface area (Å²) in [4.78, 5) is 2.67. The van der Waals surface area contributed by atoms with E-state index in [4.69, 9.17) is 16.7 Å². The number of nitrogens with zero attached hydrogens (tertiary/aromatic N) is 3. The van der Waals surface area contributed by atoms with Crippen LogP contribution in [0.25, 0.3) is 10.4 Å². The average molecular weight is 181 g/mol. The smallest absolute Gasteiger partial charge is 0.107 e. The third-order valence-electron chi connectivity index (χ3n) is 1.55. The number of rotatable bonds is 8. The van der Waals surface area contributed by atoms with Crippen molar-refractivity contribution in [2.75, 3.05) is 19.8 Å². The molecule has 0 aromatic rings. The molecule has 0 N–H and O–H groups in total. The zero-order chi connectivity index (χ0) is 9.78. The van der Waals surface area contributed by atoms with Crippen molar-refractivity contribution < 1.29 is 4.74 Å². The Morgan fingerprint density at radius 1 is 1.31 bits per heavy atom. The third-order valence-corrected chi connectivity index (χ3v) is 1.55. The molecule has 0 fully saturated rings. The van der Waals surface area contributed by atoms with Crippen molar-refractivity contribution in [1.82, 2.24) is 0 Å². The summed E-state index contributed by atoms with van der Waals surface area (Å²) >= 11 is 0. The van der Waals surface area contributed by atoms with Gasteiger partial charge in [0.15, 0.2) is 0 Å². The van der Waals surface area contributed by atoms with Crippen molar-refractivity contribution >= 4 is 0 Å². The Hall–Kier alpha value is -1.17. The van der Waals surface area contributed by atoms with Gasteiger partial charge in [-0.05, 0) is 18.4 Å². The van der Waals surface area contributed by atoms with Crippen molar-refractivity contribution in [1.29, 1.82) is 0 Å². The van der Waals surface area contributed by atoms with Crippen molar-refractivity contribution in [3.63, 3.8) is 0 Å². The Morgan fingerprint density at radius 2 is 2.08 bits per heavy atom. The Morgan fingerprint density at radius 3 is 2.77 bits per heavy atom. The number of hydrogen-bond donors (Lipinski definition) is 0. The topological polar surface area (TPSA) is 58.0 Å². The highest BCUT2D eigenvalue weighted by atomic mass is 16.5. The molecule has 0 aromatic heterocycles. The molecule has 0 aliphatic carbocycles. The van der Waals surface area contributed by atoms with Crippen LogP contribution in [0.2, 0.25) is 0 Å². The first-order chi connectivity index (χ1) is 6.41. The maximum atomic E-state index is 7.99. The van der Waals surface area contributed by atoms with Gasteiger partial charge in [-0.3, -0.25) is 0 Å². The van der Waals surface area contributed by atoms with Crippen LogP contribution in [0.15, 0.2) is 5.11 Å². The molecule has 13 heavy (non-hydrogen) atoms. The van der Waals surface area contributed by atoms with Crippen LogP contribution in [0, 0.1) is 12.3 Å². The summed E-state index contributed by atoms with van der Waals surface area (Å²) in [5, 5.41) is 3.44. The van der Waals surface area contributed by atoms with E-state index in [0.717, 1.165) is 32.3 Å². The van der Waals surface area contributed by atoms with E-state index >= 15 is 0 Å². The molecule has 0 atom stereocenters. The number of hydrogen-bond acceptors (Lipinski definition) is 2. The van der Waals surface area contributed by atoms with Crippen LogP contribution < -0.4 is 0 Å². The minimum absolute atomic E-state index is 0.402. The summed E-state index contributed by atoms with van der Waals surface area (Å²) in [5.41, 5.74) is 7.99. The first kappa shape index (κ1) is 11.8. The molecule has 0 aromatic carbocycles. The Kier molecular flexibility index (Phi) is 9.86. The summed E-state index contributed by atoms with van der Waals surface area (Å²) in [7, 11) is 0. The van der Waals surface area contributed by atoms with Crippen LogP contribution in [-0.2, 0) is 4.74 Å². The molecular formula is C9H15N3O. The van der Waals surface area contributed by atoms with Crippen LogP contribution in [0.4, 0.5) is 0 Å². The van der Waals surface area contributed by atoms with Crippen molar-refractivity contribution in [3.05, 3.63) is 10.4 Å². The van der Waals surface area contributed by atoms with Gasteiger partial charge in [-0.25, -0.2) is 0 Å². The van der Waals surface area contributed by atoms with Crippen LogP contribution >= 0.6 is 0 Å². The molecule has 0 rings (SSSR count). The van der Waals surface area contributed by atoms with E-state index in [-0.39, 0.29) is 0 Å². The van der Waals surface area contributed by atoms with E-state index in [9.17, 15) is 0 Å². The lowest BCUT2D eigenvalue weighted by Gasteiger charge is -1.99. The summed E-state index contributed by atoms with van der Waals surface area (Å²) in [6, 6.07) is 0. The molecule has 0 aliphatic heterocycles. The van der Waals surface area contributed by atoms with E-state index < -0.39 is 0 Å². The van der Waals surface area contributed by atoms with Gasteiger partial charge >= 0.3 is 0 Å². The monoisotopic (exact) mass is 181 g/mol. The number of azide groups is 1. The molecule has 0 saturated heterocycles. The number of ether oxygens (including phenoxy) is 1. The minimum atomic E-state index is 0.402. The van der Waals surface area contributed by atoms with Crippen molar-refractivity contribution in [2.45, 2.75) is 25.7 Å². The van der Waals surface area contributed by atoms with E-state index in [1.54, 1.807) is 0 Å². The van der Waals surface area contributed by atoms with Gasteiger partial charge in [0.05, 0.1) is 0 Å². The van der Waals surface area contributed by atoms with Gasteiger partial charge < -0.3 is 4.74 Å². The molecule has 72 valence electrons. The maximum absolute atomic E-state index is 7.99. The second kappa shape index (κ2) is 10.8. The zero-order valence-corrected chi connectivity index (χ0v) is 7.78. The van der Waals surface area contributed by atoms with Gasteiger partial charge in [-0.1, -0.05) is 23.9 Å². The Balaban J connectivity index is 2.92. The lowest BCUT2D eigenvalue weighted by atomic mass is 10.2. The fraction of sp³-hybridized carbons (Fsp3) is 0.778. The van der Waals surface area contributed by atoms with Gasteiger partial charge in [0.25, 0.3) is 0 Å². The first-order valence-electron chi connectivity index (χ1n) is 4.44. The summed E-state index contributed by atoms with van der Waals surface area (Å²) < 4.78 is 5.09. The van der Waals surface area contributed by atoms with Crippen molar-refractivity contribution in [2.24, 2.45) is 5.11 Å². The fourth-order valence-electron chi connectivity index (χ4n) is 0.916. The SMILES string of the molecule is C#CCOCCCCCCN=[N+]=[N-]. The third kappa shape index (κ3) is 10.8. The molecule has 0 aliphatic rings. The van der Waals surface area contributed by atoms with Crippen LogP contribution in [-0.4, -0.2) is 19.8 Å². The highest BCUT2D eigenvalue weighted by Crippen LogP contribution is 2.00. The van der Waals surface area contributed by atoms with E-state index in [1.807, 2.05) is 0 Å². The van der Waals surface area contributed by atoms with Gasteiger partial charge in [-0.15, -0.1) is 6.42 Å². The van der Waals surface area contributed by atoms with E-state index in [2.05, 4.69) is 15.9 Å². The largest absolute Gasteiger partial charge is 0.369 e. The van der Waals surface area contributed by atoms with Crippen LogP contribution in [0.5, 0.6) is 0 Å². The standard InChI is InChI=1S/C9H15N3O/c1-2-8-13-9-6-4-3-5-7-11-12-10/h1H,3-9H2. The highest BCUT2D eigenvalue weighted by molar-refractivity contribution is 4.82. The molecule has 4 nitrogen and oxygen atoms in total. The predicted octanol–water partition coefficient (Wildman–Crippen LogP) is 2.51. The normalized spacial score (nSPS) is 8.85. The molecular weight excluding hydrogens is 166 g/mol. The molecule has 4 heteroatoms. The van der Waals surface area contributed by atoms with Crippen LogP contribution in [0.3, 0.4) is 0 Å². The second-order valence-corrected chi connectivity index (χ2v) is 2.63. The zero-order valence-electron chi connectivity index (χ0n) is 7.78. The highest BCUT2D eigenvalue weighted by Gasteiger charge is 1.89. The van der Waals surface area contributed by atoms with Gasteiger partial charge in [0.1, 0.15) is 6.61 Å². The maximum Gasteiger partial charge on any atom is 0.107 e. The first-order valence-corrected chi connectivity index (χ1v) is 4.44. The molecule has 0 heterocycles. The molecule has 0 radical (unpaired) electrons.